The van der Waals surface area contributed by atoms with Crippen LogP contribution in [0, 0.1) is 0 Å². The van der Waals surface area contributed by atoms with E-state index in [4.69, 9.17) is 0 Å². The van der Waals surface area contributed by atoms with E-state index in [0.717, 1.165) is 15.2 Å². The molecule has 2 N–H and O–H groups in total. The molecule has 0 aliphatic carbocycles. The average Bonchev–Trinajstić information content (AvgIpc) is 2.89. The van der Waals surface area contributed by atoms with Crippen LogP contribution in [0.3, 0.4) is 0 Å². The van der Waals surface area contributed by atoms with E-state index in [9.17, 15) is 9.59 Å². The molecular formula is C15H13N3O2S. The number of hydrogen-bond donors (Lipinski definition) is 2. The summed E-state index contributed by atoms with van der Waals surface area (Å²) in [4.78, 5) is 30.0. The van der Waals surface area contributed by atoms with Crippen molar-refractivity contribution in [2.45, 2.75) is 6.42 Å². The highest BCUT2D eigenvalue weighted by molar-refractivity contribution is 7.18. The Morgan fingerprint density at radius 1 is 1.19 bits per heavy atom. The molecule has 2 aromatic heterocycles. The summed E-state index contributed by atoms with van der Waals surface area (Å²) in [6, 6.07) is 12.5. The molecule has 106 valence electrons. The number of thiazole rings is 1. The molecule has 3 aromatic rings. The van der Waals surface area contributed by atoms with Gasteiger partial charge < -0.3 is 10.3 Å². The maximum absolute atomic E-state index is 11.9. The Hall–Kier alpha value is -2.47. The molecule has 3 rings (SSSR count). The number of aromatic amines is 1. The van der Waals surface area contributed by atoms with E-state index in [1.54, 1.807) is 23.5 Å². The number of hydrogen-bond acceptors (Lipinski definition) is 4. The molecule has 1 amide bonds. The molecule has 0 bridgehead atoms. The Balaban J connectivity index is 1.60. The minimum Gasteiger partial charge on any atom is -0.350 e. The zero-order chi connectivity index (χ0) is 14.7. The van der Waals surface area contributed by atoms with E-state index in [2.05, 4.69) is 15.3 Å². The van der Waals surface area contributed by atoms with Crippen LogP contribution in [-0.4, -0.2) is 22.4 Å². The molecule has 21 heavy (non-hydrogen) atoms. The fourth-order valence-corrected chi connectivity index (χ4v) is 2.95. The van der Waals surface area contributed by atoms with E-state index in [-0.39, 0.29) is 17.2 Å². The van der Waals surface area contributed by atoms with E-state index in [1.165, 1.54) is 6.07 Å². The van der Waals surface area contributed by atoms with Crippen LogP contribution in [0.1, 0.15) is 15.5 Å². The topological polar surface area (TPSA) is 74.8 Å². The Bertz CT molecular complexity index is 805. The van der Waals surface area contributed by atoms with Crippen molar-refractivity contribution < 1.29 is 4.79 Å². The second-order valence-corrected chi connectivity index (χ2v) is 5.63. The lowest BCUT2D eigenvalue weighted by Gasteiger charge is -2.03. The highest BCUT2D eigenvalue weighted by Crippen LogP contribution is 2.21. The van der Waals surface area contributed by atoms with Crippen molar-refractivity contribution in [3.05, 3.63) is 63.5 Å². The second-order valence-electron chi connectivity index (χ2n) is 4.51. The molecule has 0 saturated heterocycles. The Morgan fingerprint density at radius 2 is 2.05 bits per heavy atom. The zero-order valence-electron chi connectivity index (χ0n) is 11.1. The third-order valence-electron chi connectivity index (χ3n) is 2.98. The van der Waals surface area contributed by atoms with E-state index in [0.29, 0.717) is 13.0 Å². The van der Waals surface area contributed by atoms with Crippen LogP contribution in [0.2, 0.25) is 0 Å². The first-order valence-electron chi connectivity index (χ1n) is 6.54. The molecule has 0 spiro atoms. The number of carbonyl (C=O) groups excluding carboxylic acids is 1. The summed E-state index contributed by atoms with van der Waals surface area (Å²) >= 11 is 1.63. The first-order valence-corrected chi connectivity index (χ1v) is 7.36. The predicted octanol–water partition coefficient (Wildman–Crippen LogP) is 1.96. The molecule has 0 atom stereocenters. The van der Waals surface area contributed by atoms with Crippen LogP contribution in [0.5, 0.6) is 0 Å². The number of carbonyl (C=O) groups is 1. The number of fused-ring (bicyclic) bond motifs is 1. The number of nitrogens with one attached hydrogen (secondary N) is 2. The van der Waals surface area contributed by atoms with Gasteiger partial charge in [-0.05, 0) is 18.2 Å². The number of nitrogens with zero attached hydrogens (tertiary/aromatic N) is 1. The molecule has 6 heteroatoms. The van der Waals surface area contributed by atoms with E-state index >= 15 is 0 Å². The second kappa shape index (κ2) is 5.88. The van der Waals surface area contributed by atoms with Crippen LogP contribution in [0.25, 0.3) is 10.2 Å². The Morgan fingerprint density at radius 3 is 2.86 bits per heavy atom. The third kappa shape index (κ3) is 3.17. The normalized spacial score (nSPS) is 10.7. The summed E-state index contributed by atoms with van der Waals surface area (Å²) in [6.07, 6.45) is 0.669. The highest BCUT2D eigenvalue weighted by Gasteiger charge is 2.07. The van der Waals surface area contributed by atoms with Crippen molar-refractivity contribution in [1.82, 2.24) is 15.3 Å². The maximum atomic E-state index is 11.9. The number of aromatic nitrogens is 2. The molecule has 5 nitrogen and oxygen atoms in total. The largest absolute Gasteiger partial charge is 0.350 e. The number of para-hydroxylation sites is 1. The fourth-order valence-electron chi connectivity index (χ4n) is 1.99. The van der Waals surface area contributed by atoms with Gasteiger partial charge in [-0.2, -0.15) is 0 Å². The first-order chi connectivity index (χ1) is 10.2. The minimum atomic E-state index is -0.284. The van der Waals surface area contributed by atoms with Crippen molar-refractivity contribution in [1.29, 1.82) is 0 Å². The number of rotatable bonds is 4. The highest BCUT2D eigenvalue weighted by atomic mass is 32.1. The van der Waals surface area contributed by atoms with Gasteiger partial charge in [0.15, 0.2) is 0 Å². The molecule has 1 aromatic carbocycles. The fraction of sp³-hybridized carbons (Fsp3) is 0.133. The number of H-pyrrole nitrogens is 1. The summed E-state index contributed by atoms with van der Waals surface area (Å²) in [5, 5.41) is 3.76. The van der Waals surface area contributed by atoms with Crippen LogP contribution in [0.4, 0.5) is 0 Å². The summed E-state index contributed by atoms with van der Waals surface area (Å²) in [7, 11) is 0. The van der Waals surface area contributed by atoms with E-state index in [1.807, 2.05) is 24.3 Å². The summed E-state index contributed by atoms with van der Waals surface area (Å²) in [6.45, 7) is 0.482. The van der Waals surface area contributed by atoms with Crippen molar-refractivity contribution in [3.63, 3.8) is 0 Å². The Labute approximate surface area is 124 Å². The molecular weight excluding hydrogens is 286 g/mol. The lowest BCUT2D eigenvalue weighted by atomic mass is 10.3. The van der Waals surface area contributed by atoms with Gasteiger partial charge in [-0.3, -0.25) is 9.59 Å². The lowest BCUT2D eigenvalue weighted by Crippen LogP contribution is -2.27. The van der Waals surface area contributed by atoms with Gasteiger partial charge in [-0.1, -0.05) is 18.2 Å². The van der Waals surface area contributed by atoms with Gasteiger partial charge in [0, 0.05) is 19.0 Å². The molecule has 0 saturated carbocycles. The summed E-state index contributed by atoms with van der Waals surface area (Å²) < 4.78 is 1.14. The van der Waals surface area contributed by atoms with Crippen LogP contribution >= 0.6 is 11.3 Å². The zero-order valence-corrected chi connectivity index (χ0v) is 11.9. The van der Waals surface area contributed by atoms with E-state index < -0.39 is 0 Å². The summed E-state index contributed by atoms with van der Waals surface area (Å²) in [5.74, 6) is -0.284. The quantitative estimate of drug-likeness (QED) is 0.773. The standard InChI is InChI=1S/C15H13N3O2S/c19-13-7-3-5-11(17-13)15(20)16-9-8-14-18-10-4-1-2-6-12(10)21-14/h1-7H,8-9H2,(H,16,20)(H,17,19). The number of amides is 1. The van der Waals surface area contributed by atoms with Crippen LogP contribution < -0.4 is 10.9 Å². The number of benzene rings is 1. The average molecular weight is 299 g/mol. The third-order valence-corrected chi connectivity index (χ3v) is 4.07. The van der Waals surface area contributed by atoms with Crippen LogP contribution in [-0.2, 0) is 6.42 Å². The summed E-state index contributed by atoms with van der Waals surface area (Å²) in [5.41, 5.74) is 0.969. The SMILES string of the molecule is O=C(NCCc1nc2ccccc2s1)c1cccc(=O)[nH]1. The molecule has 0 radical (unpaired) electrons. The molecule has 0 aliphatic rings. The van der Waals surface area contributed by atoms with Gasteiger partial charge >= 0.3 is 0 Å². The van der Waals surface area contributed by atoms with Crippen molar-refractivity contribution in [3.8, 4) is 0 Å². The van der Waals surface area contributed by atoms with Gasteiger partial charge in [-0.15, -0.1) is 11.3 Å². The van der Waals surface area contributed by atoms with Gasteiger partial charge in [-0.25, -0.2) is 4.98 Å². The lowest BCUT2D eigenvalue weighted by molar-refractivity contribution is 0.0949. The van der Waals surface area contributed by atoms with Gasteiger partial charge in [0.05, 0.1) is 15.2 Å². The molecule has 0 fully saturated rings. The minimum absolute atomic E-state index is 0.270. The predicted molar refractivity (Wildman–Crippen MR) is 82.7 cm³/mol. The van der Waals surface area contributed by atoms with Gasteiger partial charge in [0.2, 0.25) is 5.56 Å². The monoisotopic (exact) mass is 299 g/mol. The maximum Gasteiger partial charge on any atom is 0.267 e. The molecule has 0 unspecified atom stereocenters. The smallest absolute Gasteiger partial charge is 0.267 e. The first kappa shape index (κ1) is 13.5. The van der Waals surface area contributed by atoms with Crippen LogP contribution in [0.15, 0.2) is 47.3 Å². The van der Waals surface area contributed by atoms with Crippen molar-refractivity contribution in [2.75, 3.05) is 6.54 Å². The molecule has 0 aliphatic heterocycles. The molecule has 2 heterocycles. The van der Waals surface area contributed by atoms with Gasteiger partial charge in [0.25, 0.3) is 5.91 Å². The van der Waals surface area contributed by atoms with Crippen molar-refractivity contribution >= 4 is 27.5 Å². The Kier molecular flexibility index (Phi) is 3.79. The number of pyridine rings is 1. The van der Waals surface area contributed by atoms with Crippen molar-refractivity contribution in [2.24, 2.45) is 0 Å². The van der Waals surface area contributed by atoms with Gasteiger partial charge in [0.1, 0.15) is 5.69 Å².